The van der Waals surface area contributed by atoms with Crippen LogP contribution in [-0.2, 0) is 0 Å². The highest BCUT2D eigenvalue weighted by molar-refractivity contribution is 6.32. The Balaban J connectivity index is 2.57. The van der Waals surface area contributed by atoms with Gasteiger partial charge in [0.1, 0.15) is 0 Å². The van der Waals surface area contributed by atoms with Gasteiger partial charge in [0, 0.05) is 18.6 Å². The Hall–Kier alpha value is -1.28. The lowest BCUT2D eigenvalue weighted by Gasteiger charge is -2.05. The lowest BCUT2D eigenvalue weighted by atomic mass is 10.3. The molecule has 0 atom stereocenters. The summed E-state index contributed by atoms with van der Waals surface area (Å²) in [4.78, 5) is 4.25. The molecule has 2 rings (SSSR count). The fourth-order valence-electron chi connectivity index (χ4n) is 1.34. The monoisotopic (exact) mass is 206 g/mol. The van der Waals surface area contributed by atoms with Gasteiger partial charge < -0.3 is 4.57 Å². The molecule has 0 aromatic carbocycles. The fourth-order valence-corrected chi connectivity index (χ4v) is 1.55. The zero-order chi connectivity index (χ0) is 10.1. The summed E-state index contributed by atoms with van der Waals surface area (Å²) in [6.45, 7) is 4.02. The fraction of sp³-hybridized carbons (Fsp3) is 0.182. The van der Waals surface area contributed by atoms with Crippen molar-refractivity contribution in [3.05, 3.63) is 46.9 Å². The second kappa shape index (κ2) is 3.46. The molecule has 2 heterocycles. The molecule has 0 fully saturated rings. The van der Waals surface area contributed by atoms with Gasteiger partial charge in [0.25, 0.3) is 0 Å². The molecule has 0 amide bonds. The minimum atomic E-state index is 0.711. The number of aromatic nitrogens is 2. The SMILES string of the molecule is Cc1ccn(-c2nccc(C)c2Cl)c1. The first kappa shape index (κ1) is 9.28. The van der Waals surface area contributed by atoms with E-state index >= 15 is 0 Å². The molecule has 0 aliphatic rings. The Morgan fingerprint density at radius 1 is 1.29 bits per heavy atom. The molecule has 3 heteroatoms. The molecule has 0 saturated heterocycles. The first-order chi connectivity index (χ1) is 6.68. The minimum Gasteiger partial charge on any atom is -0.307 e. The van der Waals surface area contributed by atoms with E-state index in [1.807, 2.05) is 42.9 Å². The van der Waals surface area contributed by atoms with Gasteiger partial charge in [-0.05, 0) is 37.1 Å². The van der Waals surface area contributed by atoms with E-state index in [4.69, 9.17) is 11.6 Å². The molecule has 0 saturated carbocycles. The number of halogens is 1. The molecule has 0 unspecified atom stereocenters. The molecule has 0 radical (unpaired) electrons. The van der Waals surface area contributed by atoms with E-state index < -0.39 is 0 Å². The molecule has 0 spiro atoms. The van der Waals surface area contributed by atoms with Crippen LogP contribution < -0.4 is 0 Å². The second-order valence-electron chi connectivity index (χ2n) is 3.36. The Bertz CT molecular complexity index is 460. The Morgan fingerprint density at radius 2 is 2.07 bits per heavy atom. The van der Waals surface area contributed by atoms with Crippen LogP contribution >= 0.6 is 11.6 Å². The molecule has 0 N–H and O–H groups in total. The van der Waals surface area contributed by atoms with Crippen molar-refractivity contribution >= 4 is 11.6 Å². The quantitative estimate of drug-likeness (QED) is 0.701. The predicted molar refractivity (Wildman–Crippen MR) is 58.0 cm³/mol. The zero-order valence-corrected chi connectivity index (χ0v) is 8.92. The third-order valence-electron chi connectivity index (χ3n) is 2.15. The van der Waals surface area contributed by atoms with Crippen molar-refractivity contribution in [2.45, 2.75) is 13.8 Å². The topological polar surface area (TPSA) is 17.8 Å². The highest BCUT2D eigenvalue weighted by Gasteiger charge is 2.05. The number of hydrogen-bond donors (Lipinski definition) is 0. The minimum absolute atomic E-state index is 0.711. The summed E-state index contributed by atoms with van der Waals surface area (Å²) in [5.41, 5.74) is 2.24. The van der Waals surface area contributed by atoms with Crippen LogP contribution in [0.4, 0.5) is 0 Å². The first-order valence-electron chi connectivity index (χ1n) is 4.44. The maximum Gasteiger partial charge on any atom is 0.155 e. The summed E-state index contributed by atoms with van der Waals surface area (Å²) in [6, 6.07) is 3.93. The lowest BCUT2D eigenvalue weighted by Crippen LogP contribution is -1.96. The summed E-state index contributed by atoms with van der Waals surface area (Å²) in [5.74, 6) is 0.791. The van der Waals surface area contributed by atoms with Crippen molar-refractivity contribution < 1.29 is 0 Å². The average molecular weight is 207 g/mol. The van der Waals surface area contributed by atoms with Crippen LogP contribution in [0.1, 0.15) is 11.1 Å². The van der Waals surface area contributed by atoms with E-state index in [0.29, 0.717) is 5.02 Å². The number of pyridine rings is 1. The zero-order valence-electron chi connectivity index (χ0n) is 8.16. The van der Waals surface area contributed by atoms with Gasteiger partial charge >= 0.3 is 0 Å². The van der Waals surface area contributed by atoms with Gasteiger partial charge in [0.15, 0.2) is 5.82 Å². The van der Waals surface area contributed by atoms with E-state index in [-0.39, 0.29) is 0 Å². The molecule has 0 aliphatic heterocycles. The van der Waals surface area contributed by atoms with Gasteiger partial charge in [-0.25, -0.2) is 4.98 Å². The normalized spacial score (nSPS) is 10.5. The smallest absolute Gasteiger partial charge is 0.155 e. The van der Waals surface area contributed by atoms with Crippen LogP contribution in [0.2, 0.25) is 5.02 Å². The average Bonchev–Trinajstić information content (AvgIpc) is 2.57. The molecule has 2 aromatic heterocycles. The van der Waals surface area contributed by atoms with Crippen molar-refractivity contribution in [3.8, 4) is 5.82 Å². The summed E-state index contributed by atoms with van der Waals surface area (Å²) >= 11 is 6.15. The largest absolute Gasteiger partial charge is 0.307 e. The third kappa shape index (κ3) is 1.53. The highest BCUT2D eigenvalue weighted by Crippen LogP contribution is 2.21. The summed E-state index contributed by atoms with van der Waals surface area (Å²) in [7, 11) is 0. The van der Waals surface area contributed by atoms with Crippen molar-refractivity contribution in [2.75, 3.05) is 0 Å². The van der Waals surface area contributed by atoms with Gasteiger partial charge in [0.2, 0.25) is 0 Å². The number of aryl methyl sites for hydroxylation is 2. The molecule has 14 heavy (non-hydrogen) atoms. The first-order valence-corrected chi connectivity index (χ1v) is 4.82. The molecule has 2 nitrogen and oxygen atoms in total. The molecule has 2 aromatic rings. The second-order valence-corrected chi connectivity index (χ2v) is 3.74. The van der Waals surface area contributed by atoms with Crippen LogP contribution in [0, 0.1) is 13.8 Å². The van der Waals surface area contributed by atoms with Crippen LogP contribution in [-0.4, -0.2) is 9.55 Å². The third-order valence-corrected chi connectivity index (χ3v) is 2.62. The maximum atomic E-state index is 6.15. The van der Waals surface area contributed by atoms with Crippen LogP contribution in [0.15, 0.2) is 30.7 Å². The van der Waals surface area contributed by atoms with Crippen LogP contribution in [0.5, 0.6) is 0 Å². The van der Waals surface area contributed by atoms with Crippen molar-refractivity contribution in [1.82, 2.24) is 9.55 Å². The van der Waals surface area contributed by atoms with Gasteiger partial charge in [-0.3, -0.25) is 0 Å². The van der Waals surface area contributed by atoms with Crippen molar-refractivity contribution in [2.24, 2.45) is 0 Å². The summed E-state index contributed by atoms with van der Waals surface area (Å²) in [6.07, 6.45) is 5.74. The van der Waals surface area contributed by atoms with E-state index in [1.165, 1.54) is 5.56 Å². The van der Waals surface area contributed by atoms with Gasteiger partial charge in [-0.1, -0.05) is 11.6 Å². The van der Waals surface area contributed by atoms with E-state index in [1.54, 1.807) is 6.20 Å². The van der Waals surface area contributed by atoms with Crippen molar-refractivity contribution in [1.29, 1.82) is 0 Å². The Kier molecular flexibility index (Phi) is 2.30. The van der Waals surface area contributed by atoms with Gasteiger partial charge in [0.05, 0.1) is 5.02 Å². The molecule has 0 aliphatic carbocycles. The molecular weight excluding hydrogens is 196 g/mol. The van der Waals surface area contributed by atoms with Crippen molar-refractivity contribution in [3.63, 3.8) is 0 Å². The molecule has 0 bridgehead atoms. The highest BCUT2D eigenvalue weighted by atomic mass is 35.5. The van der Waals surface area contributed by atoms with Crippen LogP contribution in [0.3, 0.4) is 0 Å². The van der Waals surface area contributed by atoms with Gasteiger partial charge in [-0.15, -0.1) is 0 Å². The standard InChI is InChI=1S/C11H11ClN2/c1-8-4-6-14(7-8)11-10(12)9(2)3-5-13-11/h3-7H,1-2H3. The summed E-state index contributed by atoms with van der Waals surface area (Å²) < 4.78 is 1.94. The number of hydrogen-bond acceptors (Lipinski definition) is 1. The Morgan fingerprint density at radius 3 is 2.71 bits per heavy atom. The van der Waals surface area contributed by atoms with E-state index in [2.05, 4.69) is 4.98 Å². The number of rotatable bonds is 1. The number of nitrogens with zero attached hydrogens (tertiary/aromatic N) is 2. The molecule has 72 valence electrons. The Labute approximate surface area is 88.2 Å². The lowest BCUT2D eigenvalue weighted by molar-refractivity contribution is 0.999. The predicted octanol–water partition coefficient (Wildman–Crippen LogP) is 3.14. The summed E-state index contributed by atoms with van der Waals surface area (Å²) in [5, 5.41) is 0.711. The molecular formula is C11H11ClN2. The van der Waals surface area contributed by atoms with Crippen LogP contribution in [0.25, 0.3) is 5.82 Å². The van der Waals surface area contributed by atoms with Gasteiger partial charge in [-0.2, -0.15) is 0 Å². The van der Waals surface area contributed by atoms with E-state index in [0.717, 1.165) is 11.4 Å². The van der Waals surface area contributed by atoms with E-state index in [9.17, 15) is 0 Å². The maximum absolute atomic E-state index is 6.15.